The summed E-state index contributed by atoms with van der Waals surface area (Å²) in [4.78, 5) is 8.35. The van der Waals surface area contributed by atoms with Gasteiger partial charge in [0.1, 0.15) is 11.2 Å². The van der Waals surface area contributed by atoms with E-state index in [1.54, 1.807) is 12.1 Å². The molecule has 0 saturated carbocycles. The molecule has 7 nitrogen and oxygen atoms in total. The quantitative estimate of drug-likeness (QED) is 0.704. The Morgan fingerprint density at radius 2 is 1.75 bits per heavy atom. The highest BCUT2D eigenvalue weighted by atomic mass is 32.2. The van der Waals surface area contributed by atoms with Gasteiger partial charge in [-0.2, -0.15) is 16.7 Å². The van der Waals surface area contributed by atoms with Crippen molar-refractivity contribution in [3.8, 4) is 11.8 Å². The van der Waals surface area contributed by atoms with Crippen molar-refractivity contribution < 1.29 is 8.42 Å². The Morgan fingerprint density at radius 1 is 1.04 bits per heavy atom. The largest absolute Gasteiger partial charge is 0.368 e. The highest BCUT2D eigenvalue weighted by Crippen LogP contribution is 2.19. The molecular formula is C16H15N5O2S. The summed E-state index contributed by atoms with van der Waals surface area (Å²) >= 11 is 0. The van der Waals surface area contributed by atoms with Crippen LogP contribution in [0.3, 0.4) is 0 Å². The van der Waals surface area contributed by atoms with Crippen molar-refractivity contribution in [2.24, 2.45) is 0 Å². The van der Waals surface area contributed by atoms with E-state index >= 15 is 0 Å². The second-order valence-corrected chi connectivity index (χ2v) is 7.17. The molecule has 2 aromatic heterocycles. The Morgan fingerprint density at radius 3 is 2.42 bits per heavy atom. The molecule has 3 rings (SSSR count). The number of imidazole rings is 1. The van der Waals surface area contributed by atoms with Gasteiger partial charge in [0, 0.05) is 19.7 Å². The number of aromatic nitrogens is 3. The number of anilines is 1. The van der Waals surface area contributed by atoms with E-state index in [2.05, 4.69) is 21.8 Å². The van der Waals surface area contributed by atoms with Crippen molar-refractivity contribution in [3.63, 3.8) is 0 Å². The smallest absolute Gasteiger partial charge is 0.311 e. The van der Waals surface area contributed by atoms with E-state index in [-0.39, 0.29) is 11.6 Å². The summed E-state index contributed by atoms with van der Waals surface area (Å²) in [6.45, 7) is 0. The molecule has 0 spiro atoms. The Hall–Kier alpha value is -2.89. The molecule has 0 aliphatic carbocycles. The molecule has 0 amide bonds. The van der Waals surface area contributed by atoms with Gasteiger partial charge in [-0.15, -0.1) is 0 Å². The normalized spacial score (nSPS) is 11.5. The molecule has 0 aliphatic heterocycles. The van der Waals surface area contributed by atoms with E-state index in [0.717, 1.165) is 13.8 Å². The molecule has 24 heavy (non-hydrogen) atoms. The number of nitrogens with two attached hydrogens (primary N) is 1. The van der Waals surface area contributed by atoms with E-state index in [0.29, 0.717) is 11.2 Å². The fourth-order valence-corrected chi connectivity index (χ4v) is 3.03. The van der Waals surface area contributed by atoms with E-state index in [9.17, 15) is 8.42 Å². The molecule has 3 aromatic rings. The van der Waals surface area contributed by atoms with Crippen molar-refractivity contribution in [2.45, 2.75) is 0 Å². The fourth-order valence-electron chi connectivity index (χ4n) is 2.07. The Bertz CT molecular complexity index is 1060. The minimum Gasteiger partial charge on any atom is -0.368 e. The third kappa shape index (κ3) is 2.82. The first-order valence-corrected chi connectivity index (χ1v) is 8.44. The van der Waals surface area contributed by atoms with Crippen molar-refractivity contribution in [2.75, 3.05) is 19.8 Å². The van der Waals surface area contributed by atoms with E-state index in [1.165, 1.54) is 14.1 Å². The van der Waals surface area contributed by atoms with Crippen LogP contribution in [0.15, 0.2) is 42.5 Å². The summed E-state index contributed by atoms with van der Waals surface area (Å²) in [6.07, 6.45) is 0. The molecule has 0 saturated heterocycles. The Kier molecular flexibility index (Phi) is 3.97. The molecule has 0 aliphatic rings. The maximum Gasteiger partial charge on any atom is 0.311 e. The average molecular weight is 341 g/mol. The van der Waals surface area contributed by atoms with Gasteiger partial charge in [-0.3, -0.25) is 0 Å². The van der Waals surface area contributed by atoms with Gasteiger partial charge in [-0.1, -0.05) is 24.1 Å². The number of fused-ring (bicyclic) bond motifs is 1. The summed E-state index contributed by atoms with van der Waals surface area (Å²) in [5, 5.41) is 0. The summed E-state index contributed by atoms with van der Waals surface area (Å²) in [6, 6.07) is 12.8. The fraction of sp³-hybridized carbons (Fsp3) is 0.125. The summed E-state index contributed by atoms with van der Waals surface area (Å²) in [5.41, 5.74) is 7.58. The minimum absolute atomic E-state index is 0.139. The van der Waals surface area contributed by atoms with Crippen molar-refractivity contribution in [1.82, 2.24) is 18.2 Å². The zero-order chi connectivity index (χ0) is 17.3. The van der Waals surface area contributed by atoms with Crippen molar-refractivity contribution >= 4 is 27.3 Å². The van der Waals surface area contributed by atoms with Gasteiger partial charge in [0.15, 0.2) is 5.65 Å². The van der Waals surface area contributed by atoms with Gasteiger partial charge in [-0.25, -0.2) is 9.97 Å². The first kappa shape index (κ1) is 16.0. The molecule has 2 heterocycles. The maximum atomic E-state index is 12.4. The lowest BCUT2D eigenvalue weighted by molar-refractivity contribution is 0.513. The van der Waals surface area contributed by atoms with Crippen molar-refractivity contribution in [3.05, 3.63) is 53.7 Å². The van der Waals surface area contributed by atoms with Gasteiger partial charge in [0.25, 0.3) is 0 Å². The standard InChI is InChI=1S/C16H15N5O2S/c1-20(2)24(22,23)21-15-14(19-16(21)17)11-10-13(18-15)9-8-12-6-4-3-5-7-12/h3-7,10-11H,1-2H3,(H2,17,19). The van der Waals surface area contributed by atoms with Gasteiger partial charge < -0.3 is 5.73 Å². The molecule has 2 N–H and O–H groups in total. The van der Waals surface area contributed by atoms with Crippen LogP contribution in [0.1, 0.15) is 11.3 Å². The second kappa shape index (κ2) is 5.96. The predicted octanol–water partition coefficient (Wildman–Crippen LogP) is 1.07. The number of rotatable bonds is 2. The lowest BCUT2D eigenvalue weighted by Gasteiger charge is -2.13. The monoisotopic (exact) mass is 341 g/mol. The van der Waals surface area contributed by atoms with Crippen LogP contribution in [0.5, 0.6) is 0 Å². The van der Waals surface area contributed by atoms with Gasteiger partial charge in [0.2, 0.25) is 5.95 Å². The topological polar surface area (TPSA) is 94.1 Å². The van der Waals surface area contributed by atoms with E-state index in [4.69, 9.17) is 5.73 Å². The Labute approximate surface area is 139 Å². The molecule has 0 bridgehead atoms. The molecule has 1 aromatic carbocycles. The lowest BCUT2D eigenvalue weighted by atomic mass is 10.2. The third-order valence-corrected chi connectivity index (χ3v) is 5.04. The molecule has 0 radical (unpaired) electrons. The van der Waals surface area contributed by atoms with Crippen LogP contribution < -0.4 is 5.73 Å². The summed E-state index contributed by atoms with van der Waals surface area (Å²) in [5.74, 6) is 5.76. The second-order valence-electron chi connectivity index (χ2n) is 5.18. The van der Waals surface area contributed by atoms with Gasteiger partial charge in [-0.05, 0) is 30.2 Å². The molecule has 8 heteroatoms. The number of hydrogen-bond acceptors (Lipinski definition) is 5. The first-order valence-electron chi connectivity index (χ1n) is 7.04. The zero-order valence-corrected chi connectivity index (χ0v) is 13.9. The van der Waals surface area contributed by atoms with Gasteiger partial charge >= 0.3 is 10.2 Å². The third-order valence-electron chi connectivity index (χ3n) is 3.29. The predicted molar refractivity (Wildman–Crippen MR) is 92.4 cm³/mol. The number of pyridine rings is 1. The van der Waals surface area contributed by atoms with Gasteiger partial charge in [0.05, 0.1) is 0 Å². The molecule has 0 unspecified atom stereocenters. The molecular weight excluding hydrogens is 326 g/mol. The highest BCUT2D eigenvalue weighted by molar-refractivity contribution is 7.87. The molecule has 0 atom stereocenters. The van der Waals surface area contributed by atoms with Crippen LogP contribution in [0.2, 0.25) is 0 Å². The number of nitrogen functional groups attached to an aromatic ring is 1. The lowest BCUT2D eigenvalue weighted by Crippen LogP contribution is -2.29. The molecule has 122 valence electrons. The summed E-state index contributed by atoms with van der Waals surface area (Å²) in [7, 11) is -0.990. The maximum absolute atomic E-state index is 12.4. The van der Waals surface area contributed by atoms with Crippen LogP contribution in [0.4, 0.5) is 5.95 Å². The van der Waals surface area contributed by atoms with Crippen LogP contribution >= 0.6 is 0 Å². The first-order chi connectivity index (χ1) is 11.4. The minimum atomic E-state index is -3.82. The van der Waals surface area contributed by atoms with Crippen molar-refractivity contribution in [1.29, 1.82) is 0 Å². The number of nitrogens with zero attached hydrogens (tertiary/aromatic N) is 4. The SMILES string of the molecule is CN(C)S(=O)(=O)n1c(N)nc2ccc(C#Cc3ccccc3)nc21. The zero-order valence-electron chi connectivity index (χ0n) is 13.1. The van der Waals surface area contributed by atoms with Crippen LogP contribution in [-0.2, 0) is 10.2 Å². The van der Waals surface area contributed by atoms with E-state index < -0.39 is 10.2 Å². The van der Waals surface area contributed by atoms with Crippen LogP contribution in [0.25, 0.3) is 11.2 Å². The van der Waals surface area contributed by atoms with Crippen LogP contribution in [0, 0.1) is 11.8 Å². The average Bonchev–Trinajstić information content (AvgIpc) is 2.89. The highest BCUT2D eigenvalue weighted by Gasteiger charge is 2.24. The molecule has 0 fully saturated rings. The van der Waals surface area contributed by atoms with Crippen LogP contribution in [-0.4, -0.2) is 40.8 Å². The van der Waals surface area contributed by atoms with E-state index in [1.807, 2.05) is 30.3 Å². The number of hydrogen-bond donors (Lipinski definition) is 1. The Balaban J connectivity index is 2.14. The number of benzene rings is 1. The summed E-state index contributed by atoms with van der Waals surface area (Å²) < 4.78 is 26.8.